The molecule has 8 nitrogen and oxygen atoms in total. The lowest BCUT2D eigenvalue weighted by Gasteiger charge is -2.32. The second-order valence-corrected chi connectivity index (χ2v) is 9.50. The van der Waals surface area contributed by atoms with Crippen LogP contribution in [0, 0.1) is 0 Å². The third-order valence-electron chi connectivity index (χ3n) is 6.93. The summed E-state index contributed by atoms with van der Waals surface area (Å²) in [6.45, 7) is 1.60. The van der Waals surface area contributed by atoms with Gasteiger partial charge in [-0.1, -0.05) is 6.07 Å². The predicted molar refractivity (Wildman–Crippen MR) is 140 cm³/mol. The average Bonchev–Trinajstić information content (AvgIpc) is 3.53. The number of hydrogen-bond donors (Lipinski definition) is 1. The number of nitrogens with one attached hydrogen (secondary N) is 1. The second kappa shape index (κ2) is 9.11. The van der Waals surface area contributed by atoms with E-state index in [4.69, 9.17) is 14.5 Å². The van der Waals surface area contributed by atoms with E-state index in [1.807, 2.05) is 78.5 Å². The Morgan fingerprint density at radius 2 is 1.89 bits per heavy atom. The average molecular weight is 484 g/mol. The van der Waals surface area contributed by atoms with Gasteiger partial charge in [-0.05, 0) is 67.4 Å². The maximum absolute atomic E-state index is 13.1. The molecule has 184 valence electrons. The molecule has 2 aliphatic rings. The van der Waals surface area contributed by atoms with Gasteiger partial charge < -0.3 is 29.0 Å². The van der Waals surface area contributed by atoms with Crippen molar-refractivity contribution in [1.82, 2.24) is 14.3 Å². The zero-order valence-corrected chi connectivity index (χ0v) is 20.5. The molecule has 0 aliphatic carbocycles. The molecule has 2 aliphatic heterocycles. The Labute approximate surface area is 210 Å². The number of imidazole rings is 1. The Morgan fingerprint density at radius 3 is 2.72 bits per heavy atom. The standard InChI is InChI=1S/C28H29N5O3/c1-31(2)22-11-9-21(10-12-22)29-28(34)32-14-5-6-20(17-32)27-30-26(23-7-3-4-15-33(23)27)19-8-13-24-25(16-19)36-18-35-24/h3-4,7-13,15-16,20H,5-6,14,17-18H2,1-2H3,(H,29,34)/t20-/m1/s1. The zero-order chi connectivity index (χ0) is 24.6. The number of ether oxygens (including phenoxy) is 2. The van der Waals surface area contributed by atoms with Gasteiger partial charge in [0.25, 0.3) is 0 Å². The number of amides is 2. The van der Waals surface area contributed by atoms with Crippen LogP contribution in [-0.2, 0) is 0 Å². The molecule has 36 heavy (non-hydrogen) atoms. The Kier molecular flexibility index (Phi) is 5.64. The maximum Gasteiger partial charge on any atom is 0.321 e. The molecule has 2 aromatic heterocycles. The number of rotatable bonds is 4. The number of anilines is 2. The number of pyridine rings is 1. The van der Waals surface area contributed by atoms with E-state index in [0.29, 0.717) is 6.54 Å². The molecule has 6 rings (SSSR count). The minimum Gasteiger partial charge on any atom is -0.454 e. The van der Waals surface area contributed by atoms with E-state index in [1.54, 1.807) is 0 Å². The van der Waals surface area contributed by atoms with E-state index in [1.165, 1.54) is 0 Å². The number of nitrogens with zero attached hydrogens (tertiary/aromatic N) is 4. The number of carbonyl (C=O) groups is 1. The molecule has 0 bridgehead atoms. The van der Waals surface area contributed by atoms with E-state index >= 15 is 0 Å². The summed E-state index contributed by atoms with van der Waals surface area (Å²) in [6.07, 6.45) is 3.97. The van der Waals surface area contributed by atoms with Crippen molar-refractivity contribution in [1.29, 1.82) is 0 Å². The Morgan fingerprint density at radius 1 is 1.06 bits per heavy atom. The van der Waals surface area contributed by atoms with Crippen LogP contribution >= 0.6 is 0 Å². The van der Waals surface area contributed by atoms with Gasteiger partial charge in [-0.15, -0.1) is 0 Å². The third-order valence-corrected chi connectivity index (χ3v) is 6.93. The first kappa shape index (κ1) is 22.3. The van der Waals surface area contributed by atoms with Crippen LogP contribution in [0.4, 0.5) is 16.2 Å². The first-order chi connectivity index (χ1) is 17.6. The van der Waals surface area contributed by atoms with Crippen LogP contribution in [0.5, 0.6) is 11.5 Å². The van der Waals surface area contributed by atoms with E-state index in [-0.39, 0.29) is 18.7 Å². The molecular weight excluding hydrogens is 454 g/mol. The molecule has 0 radical (unpaired) electrons. The summed E-state index contributed by atoms with van der Waals surface area (Å²) >= 11 is 0. The van der Waals surface area contributed by atoms with Gasteiger partial charge in [0.15, 0.2) is 11.5 Å². The number of carbonyl (C=O) groups excluding carboxylic acids is 1. The largest absolute Gasteiger partial charge is 0.454 e. The summed E-state index contributed by atoms with van der Waals surface area (Å²) in [5.74, 6) is 2.61. The number of urea groups is 1. The minimum absolute atomic E-state index is 0.0749. The van der Waals surface area contributed by atoms with Crippen LogP contribution in [0.1, 0.15) is 24.6 Å². The van der Waals surface area contributed by atoms with Crippen molar-refractivity contribution in [3.63, 3.8) is 0 Å². The van der Waals surface area contributed by atoms with E-state index < -0.39 is 0 Å². The molecule has 2 aromatic carbocycles. The molecule has 0 spiro atoms. The summed E-state index contributed by atoms with van der Waals surface area (Å²) in [7, 11) is 4.00. The van der Waals surface area contributed by atoms with E-state index in [0.717, 1.165) is 64.9 Å². The van der Waals surface area contributed by atoms with Crippen molar-refractivity contribution in [3.05, 3.63) is 72.7 Å². The second-order valence-electron chi connectivity index (χ2n) is 9.50. The first-order valence-corrected chi connectivity index (χ1v) is 12.3. The Bertz CT molecular complexity index is 1410. The van der Waals surface area contributed by atoms with Gasteiger partial charge in [0.05, 0.1) is 11.2 Å². The van der Waals surface area contributed by atoms with E-state index in [2.05, 4.69) is 22.0 Å². The highest BCUT2D eigenvalue weighted by Crippen LogP contribution is 2.38. The molecule has 1 fully saturated rings. The van der Waals surface area contributed by atoms with E-state index in [9.17, 15) is 4.79 Å². The van der Waals surface area contributed by atoms with Crippen molar-refractivity contribution < 1.29 is 14.3 Å². The van der Waals surface area contributed by atoms with Crippen LogP contribution < -0.4 is 19.7 Å². The highest BCUT2D eigenvalue weighted by molar-refractivity contribution is 5.89. The summed E-state index contributed by atoms with van der Waals surface area (Å²) in [6, 6.07) is 19.9. The Hall–Kier alpha value is -4.20. The van der Waals surface area contributed by atoms with Gasteiger partial charge in [-0.25, -0.2) is 9.78 Å². The molecule has 1 atom stereocenters. The monoisotopic (exact) mass is 483 g/mol. The van der Waals surface area contributed by atoms with Crippen LogP contribution in [-0.4, -0.2) is 54.3 Å². The van der Waals surface area contributed by atoms with Crippen molar-refractivity contribution in [2.45, 2.75) is 18.8 Å². The smallest absolute Gasteiger partial charge is 0.321 e. The van der Waals surface area contributed by atoms with Crippen molar-refractivity contribution in [2.24, 2.45) is 0 Å². The molecule has 8 heteroatoms. The highest BCUT2D eigenvalue weighted by Gasteiger charge is 2.29. The highest BCUT2D eigenvalue weighted by atomic mass is 16.7. The maximum atomic E-state index is 13.1. The number of aromatic nitrogens is 2. The number of benzene rings is 2. The SMILES string of the molecule is CN(C)c1ccc(NC(=O)N2CCC[C@@H](c3nc(-c4ccc5c(c4)OCO5)c4ccccn34)C2)cc1. The minimum atomic E-state index is -0.0749. The molecule has 4 heterocycles. The fraction of sp³-hybridized carbons (Fsp3) is 0.286. The zero-order valence-electron chi connectivity index (χ0n) is 20.5. The lowest BCUT2D eigenvalue weighted by molar-refractivity contribution is 0.174. The summed E-state index contributed by atoms with van der Waals surface area (Å²) in [5, 5.41) is 3.06. The first-order valence-electron chi connectivity index (χ1n) is 12.3. The predicted octanol–water partition coefficient (Wildman–Crippen LogP) is 5.21. The van der Waals surface area contributed by atoms with Gasteiger partial charge in [-0.2, -0.15) is 0 Å². The molecule has 4 aromatic rings. The van der Waals surface area contributed by atoms with Gasteiger partial charge in [0.2, 0.25) is 6.79 Å². The van der Waals surface area contributed by atoms with Crippen LogP contribution in [0.15, 0.2) is 66.9 Å². The summed E-state index contributed by atoms with van der Waals surface area (Å²) in [4.78, 5) is 22.2. The molecule has 1 N–H and O–H groups in total. The normalized spacial score (nSPS) is 16.8. The topological polar surface area (TPSA) is 71.3 Å². The van der Waals surface area contributed by atoms with Crippen LogP contribution in [0.2, 0.25) is 0 Å². The summed E-state index contributed by atoms with van der Waals surface area (Å²) in [5.41, 5.74) is 4.82. The third kappa shape index (κ3) is 4.08. The lowest BCUT2D eigenvalue weighted by Crippen LogP contribution is -2.42. The molecule has 0 saturated carbocycles. The van der Waals surface area contributed by atoms with Crippen molar-refractivity contribution in [3.8, 4) is 22.8 Å². The quantitative estimate of drug-likeness (QED) is 0.432. The number of fused-ring (bicyclic) bond motifs is 2. The molecule has 2 amide bonds. The molecular formula is C28H29N5O3. The fourth-order valence-corrected chi connectivity index (χ4v) is 5.02. The number of likely N-dealkylation sites (tertiary alicyclic amines) is 1. The van der Waals surface area contributed by atoms with Gasteiger partial charge in [0, 0.05) is 56.2 Å². The van der Waals surface area contributed by atoms with Gasteiger partial charge in [-0.3, -0.25) is 0 Å². The fourth-order valence-electron chi connectivity index (χ4n) is 5.02. The van der Waals surface area contributed by atoms with Gasteiger partial charge in [0.1, 0.15) is 5.82 Å². The van der Waals surface area contributed by atoms with Crippen LogP contribution in [0.3, 0.4) is 0 Å². The molecule has 0 unspecified atom stereocenters. The van der Waals surface area contributed by atoms with Crippen LogP contribution in [0.25, 0.3) is 16.8 Å². The molecule has 1 saturated heterocycles. The number of hydrogen-bond acceptors (Lipinski definition) is 5. The lowest BCUT2D eigenvalue weighted by atomic mass is 9.97. The summed E-state index contributed by atoms with van der Waals surface area (Å²) < 4.78 is 13.2. The van der Waals surface area contributed by atoms with Crippen molar-refractivity contribution >= 4 is 22.9 Å². The van der Waals surface area contributed by atoms with Crippen molar-refractivity contribution in [2.75, 3.05) is 44.2 Å². The Balaban J connectivity index is 1.25. The number of piperidine rings is 1. The van der Waals surface area contributed by atoms with Gasteiger partial charge >= 0.3 is 6.03 Å².